The highest BCUT2D eigenvalue weighted by atomic mass is 19.1. The van der Waals surface area contributed by atoms with Gasteiger partial charge in [0.1, 0.15) is 5.82 Å². The van der Waals surface area contributed by atoms with Gasteiger partial charge in [-0.3, -0.25) is 0 Å². The van der Waals surface area contributed by atoms with E-state index in [4.69, 9.17) is 0 Å². The second-order valence-electron chi connectivity index (χ2n) is 3.23. The van der Waals surface area contributed by atoms with E-state index in [2.05, 4.69) is 11.9 Å². The third kappa shape index (κ3) is 1.38. The van der Waals surface area contributed by atoms with Crippen LogP contribution in [0.1, 0.15) is 17.2 Å². The first kappa shape index (κ1) is 8.45. The van der Waals surface area contributed by atoms with Crippen molar-refractivity contribution in [3.05, 3.63) is 47.8 Å². The first-order valence-electron chi connectivity index (χ1n) is 4.46. The summed E-state index contributed by atoms with van der Waals surface area (Å²) >= 11 is 0. The Labute approximate surface area is 77.3 Å². The maximum atomic E-state index is 13.4. The zero-order chi connectivity index (χ0) is 9.26. The van der Waals surface area contributed by atoms with E-state index in [1.54, 1.807) is 12.1 Å². The molecule has 0 saturated carbocycles. The highest BCUT2D eigenvalue weighted by Gasteiger charge is 2.19. The Balaban J connectivity index is 2.53. The van der Waals surface area contributed by atoms with Crippen LogP contribution in [0.4, 0.5) is 4.39 Å². The Bertz CT molecular complexity index is 333. The lowest BCUT2D eigenvalue weighted by molar-refractivity contribution is 0.528. The number of halogens is 1. The molecule has 13 heavy (non-hydrogen) atoms. The minimum absolute atomic E-state index is 0.0232. The van der Waals surface area contributed by atoms with Gasteiger partial charge in [0, 0.05) is 12.1 Å². The SMILES string of the molecule is C=CC1NCCc2cccc(F)c21. The molecule has 2 heteroatoms. The summed E-state index contributed by atoms with van der Waals surface area (Å²) in [4.78, 5) is 0. The Hall–Kier alpha value is -1.15. The van der Waals surface area contributed by atoms with E-state index in [1.807, 2.05) is 6.07 Å². The van der Waals surface area contributed by atoms with Crippen LogP contribution in [-0.4, -0.2) is 6.54 Å². The van der Waals surface area contributed by atoms with E-state index in [0.717, 1.165) is 24.1 Å². The van der Waals surface area contributed by atoms with E-state index in [-0.39, 0.29) is 11.9 Å². The molecule has 0 aromatic heterocycles. The Morgan fingerprint density at radius 2 is 2.38 bits per heavy atom. The van der Waals surface area contributed by atoms with Crippen molar-refractivity contribution in [3.63, 3.8) is 0 Å². The molecule has 0 radical (unpaired) electrons. The molecule has 1 unspecified atom stereocenters. The van der Waals surface area contributed by atoms with Gasteiger partial charge in [0.25, 0.3) is 0 Å². The Morgan fingerprint density at radius 3 is 3.15 bits per heavy atom. The van der Waals surface area contributed by atoms with Gasteiger partial charge in [0.15, 0.2) is 0 Å². The Morgan fingerprint density at radius 1 is 1.54 bits per heavy atom. The van der Waals surface area contributed by atoms with Crippen molar-refractivity contribution < 1.29 is 4.39 Å². The van der Waals surface area contributed by atoms with Crippen LogP contribution in [0.25, 0.3) is 0 Å². The van der Waals surface area contributed by atoms with Gasteiger partial charge in [-0.15, -0.1) is 6.58 Å². The second kappa shape index (κ2) is 3.30. The maximum Gasteiger partial charge on any atom is 0.128 e. The summed E-state index contributed by atoms with van der Waals surface area (Å²) in [5.41, 5.74) is 1.87. The summed E-state index contributed by atoms with van der Waals surface area (Å²) in [5, 5.41) is 3.21. The summed E-state index contributed by atoms with van der Waals surface area (Å²) in [6.45, 7) is 4.59. The highest BCUT2D eigenvalue weighted by Crippen LogP contribution is 2.25. The average molecular weight is 177 g/mol. The molecule has 0 fully saturated rings. The molecule has 0 aliphatic carbocycles. The number of benzene rings is 1. The molecule has 1 heterocycles. The summed E-state index contributed by atoms with van der Waals surface area (Å²) in [6.07, 6.45) is 2.65. The highest BCUT2D eigenvalue weighted by molar-refractivity contribution is 5.35. The fourth-order valence-electron chi connectivity index (χ4n) is 1.81. The minimum Gasteiger partial charge on any atom is -0.306 e. The zero-order valence-electron chi connectivity index (χ0n) is 7.39. The fourth-order valence-corrected chi connectivity index (χ4v) is 1.81. The lowest BCUT2D eigenvalue weighted by Gasteiger charge is -2.24. The smallest absolute Gasteiger partial charge is 0.128 e. The van der Waals surface area contributed by atoms with E-state index < -0.39 is 0 Å². The van der Waals surface area contributed by atoms with Crippen LogP contribution in [0.3, 0.4) is 0 Å². The van der Waals surface area contributed by atoms with Crippen LogP contribution in [0.15, 0.2) is 30.9 Å². The monoisotopic (exact) mass is 177 g/mol. The number of hydrogen-bond donors (Lipinski definition) is 1. The molecule has 0 saturated heterocycles. The fraction of sp³-hybridized carbons (Fsp3) is 0.273. The van der Waals surface area contributed by atoms with Gasteiger partial charge in [-0.2, -0.15) is 0 Å². The third-order valence-corrected chi connectivity index (χ3v) is 2.45. The molecule has 2 rings (SSSR count). The molecule has 68 valence electrons. The van der Waals surface area contributed by atoms with Crippen LogP contribution >= 0.6 is 0 Å². The molecule has 0 spiro atoms. The van der Waals surface area contributed by atoms with E-state index in [9.17, 15) is 4.39 Å². The van der Waals surface area contributed by atoms with Gasteiger partial charge in [-0.05, 0) is 18.1 Å². The van der Waals surface area contributed by atoms with Crippen molar-refractivity contribution in [2.24, 2.45) is 0 Å². The van der Waals surface area contributed by atoms with Gasteiger partial charge >= 0.3 is 0 Å². The lowest BCUT2D eigenvalue weighted by atomic mass is 9.94. The van der Waals surface area contributed by atoms with E-state index >= 15 is 0 Å². The van der Waals surface area contributed by atoms with Crippen LogP contribution in [0.2, 0.25) is 0 Å². The van der Waals surface area contributed by atoms with Crippen LogP contribution in [0.5, 0.6) is 0 Å². The largest absolute Gasteiger partial charge is 0.306 e. The predicted molar refractivity (Wildman–Crippen MR) is 51.0 cm³/mol. The summed E-state index contributed by atoms with van der Waals surface area (Å²) in [5.74, 6) is -0.130. The molecular weight excluding hydrogens is 165 g/mol. The van der Waals surface area contributed by atoms with Gasteiger partial charge in [0.2, 0.25) is 0 Å². The quantitative estimate of drug-likeness (QED) is 0.648. The van der Waals surface area contributed by atoms with Gasteiger partial charge in [-0.1, -0.05) is 18.2 Å². The number of nitrogens with one attached hydrogen (secondary N) is 1. The third-order valence-electron chi connectivity index (χ3n) is 2.45. The molecule has 1 nitrogen and oxygen atoms in total. The average Bonchev–Trinajstić information content (AvgIpc) is 2.17. The predicted octanol–water partition coefficient (Wildman–Crippen LogP) is 2.20. The number of fused-ring (bicyclic) bond motifs is 1. The second-order valence-corrected chi connectivity index (χ2v) is 3.23. The first-order chi connectivity index (χ1) is 6.33. The zero-order valence-corrected chi connectivity index (χ0v) is 7.39. The molecule has 0 amide bonds. The van der Waals surface area contributed by atoms with Crippen molar-refractivity contribution in [2.75, 3.05) is 6.54 Å². The van der Waals surface area contributed by atoms with E-state index in [0.29, 0.717) is 0 Å². The summed E-state index contributed by atoms with van der Waals surface area (Å²) in [7, 11) is 0. The molecule has 1 atom stereocenters. The topological polar surface area (TPSA) is 12.0 Å². The first-order valence-corrected chi connectivity index (χ1v) is 4.46. The van der Waals surface area contributed by atoms with Gasteiger partial charge in [-0.25, -0.2) is 4.39 Å². The molecule has 0 bridgehead atoms. The standard InChI is InChI=1S/C11H12FN/c1-2-10-11-8(6-7-13-10)4-3-5-9(11)12/h2-5,10,13H,1,6-7H2. The number of hydrogen-bond acceptors (Lipinski definition) is 1. The Kier molecular flexibility index (Phi) is 2.15. The van der Waals surface area contributed by atoms with Crippen LogP contribution < -0.4 is 5.32 Å². The van der Waals surface area contributed by atoms with Crippen LogP contribution in [-0.2, 0) is 6.42 Å². The van der Waals surface area contributed by atoms with Crippen molar-refractivity contribution in [2.45, 2.75) is 12.5 Å². The molecule has 1 aliphatic heterocycles. The minimum atomic E-state index is -0.130. The normalized spacial score (nSPS) is 20.8. The maximum absolute atomic E-state index is 13.4. The summed E-state index contributed by atoms with van der Waals surface area (Å²) in [6, 6.07) is 5.22. The van der Waals surface area contributed by atoms with E-state index in [1.165, 1.54) is 6.07 Å². The van der Waals surface area contributed by atoms with Crippen molar-refractivity contribution in [3.8, 4) is 0 Å². The molecule has 1 N–H and O–H groups in total. The molecule has 1 aromatic carbocycles. The van der Waals surface area contributed by atoms with Crippen LogP contribution in [0, 0.1) is 5.82 Å². The number of rotatable bonds is 1. The lowest BCUT2D eigenvalue weighted by Crippen LogP contribution is -2.29. The van der Waals surface area contributed by atoms with Crippen molar-refractivity contribution in [1.82, 2.24) is 5.32 Å². The van der Waals surface area contributed by atoms with Crippen molar-refractivity contribution in [1.29, 1.82) is 0 Å². The van der Waals surface area contributed by atoms with Gasteiger partial charge < -0.3 is 5.32 Å². The molecular formula is C11H12FN. The summed E-state index contributed by atoms with van der Waals surface area (Å²) < 4.78 is 13.4. The van der Waals surface area contributed by atoms with Gasteiger partial charge in [0.05, 0.1) is 6.04 Å². The van der Waals surface area contributed by atoms with Crippen molar-refractivity contribution >= 4 is 0 Å². The molecule has 1 aromatic rings. The molecule has 1 aliphatic rings.